The molecule has 0 radical (unpaired) electrons. The Balaban J connectivity index is 1.81. The lowest BCUT2D eigenvalue weighted by Gasteiger charge is -2.08. The van der Waals surface area contributed by atoms with Crippen LogP contribution >= 0.6 is 11.6 Å². The molecule has 0 spiro atoms. The zero-order chi connectivity index (χ0) is 15.9. The minimum absolute atomic E-state index is 0.240. The number of hydrogen-bond acceptors (Lipinski definition) is 3. The van der Waals surface area contributed by atoms with E-state index in [2.05, 4.69) is 15.6 Å². The Labute approximate surface area is 133 Å². The van der Waals surface area contributed by atoms with E-state index in [1.54, 1.807) is 36.7 Å². The third-order valence-electron chi connectivity index (χ3n) is 3.02. The summed E-state index contributed by atoms with van der Waals surface area (Å²) in [5.74, 6) is -0.723. The van der Waals surface area contributed by atoms with Gasteiger partial charge < -0.3 is 10.6 Å². The molecular weight excluding hydrogens is 302 g/mol. The first-order valence-corrected chi connectivity index (χ1v) is 7.14. The van der Waals surface area contributed by atoms with E-state index in [0.29, 0.717) is 17.3 Å². The van der Waals surface area contributed by atoms with Crippen LogP contribution in [0.4, 0.5) is 5.69 Å². The van der Waals surface area contributed by atoms with Crippen LogP contribution < -0.4 is 10.6 Å². The summed E-state index contributed by atoms with van der Waals surface area (Å²) in [7, 11) is 0. The summed E-state index contributed by atoms with van der Waals surface area (Å²) >= 11 is 5.98. The van der Waals surface area contributed by atoms with E-state index in [1.165, 1.54) is 0 Å². The molecule has 0 saturated heterocycles. The molecule has 1 heterocycles. The van der Waals surface area contributed by atoms with Crippen molar-refractivity contribution in [2.24, 2.45) is 0 Å². The highest BCUT2D eigenvalue weighted by Crippen LogP contribution is 2.19. The number of amides is 2. The van der Waals surface area contributed by atoms with Gasteiger partial charge in [0.2, 0.25) is 11.8 Å². The lowest BCUT2D eigenvalue weighted by Crippen LogP contribution is -2.27. The fourth-order valence-corrected chi connectivity index (χ4v) is 1.97. The van der Waals surface area contributed by atoms with Gasteiger partial charge in [-0.2, -0.15) is 0 Å². The summed E-state index contributed by atoms with van der Waals surface area (Å²) in [6.45, 7) is 2.24. The van der Waals surface area contributed by atoms with Crippen molar-refractivity contribution in [3.8, 4) is 0 Å². The molecule has 0 fully saturated rings. The number of aryl methyl sites for hydroxylation is 1. The van der Waals surface area contributed by atoms with Gasteiger partial charge >= 0.3 is 0 Å². The second kappa shape index (κ2) is 7.56. The van der Waals surface area contributed by atoms with Gasteiger partial charge in [-0.05, 0) is 42.3 Å². The number of pyridine rings is 1. The Morgan fingerprint density at radius 1 is 1.14 bits per heavy atom. The quantitative estimate of drug-likeness (QED) is 0.833. The molecule has 6 heteroatoms. The summed E-state index contributed by atoms with van der Waals surface area (Å²) in [6.07, 6.45) is 3.06. The monoisotopic (exact) mass is 317 g/mol. The van der Waals surface area contributed by atoms with Crippen LogP contribution in [0.15, 0.2) is 42.7 Å². The fraction of sp³-hybridized carbons (Fsp3) is 0.188. The first-order chi connectivity index (χ1) is 10.5. The second-order valence-corrected chi connectivity index (χ2v) is 5.23. The van der Waals surface area contributed by atoms with Crippen LogP contribution in [0.5, 0.6) is 0 Å². The van der Waals surface area contributed by atoms with Crippen LogP contribution in [0.3, 0.4) is 0 Å². The van der Waals surface area contributed by atoms with Crippen molar-refractivity contribution in [2.45, 2.75) is 19.9 Å². The summed E-state index contributed by atoms with van der Waals surface area (Å²) in [6, 6.07) is 8.81. The minimum Gasteiger partial charge on any atom is -0.352 e. The maximum absolute atomic E-state index is 11.8. The largest absolute Gasteiger partial charge is 0.352 e. The van der Waals surface area contributed by atoms with Gasteiger partial charge in [-0.1, -0.05) is 17.7 Å². The molecule has 0 atom stereocenters. The predicted molar refractivity (Wildman–Crippen MR) is 85.5 cm³/mol. The van der Waals surface area contributed by atoms with Crippen molar-refractivity contribution in [3.63, 3.8) is 0 Å². The number of carbonyl (C=O) groups is 2. The molecule has 0 aliphatic carbocycles. The molecule has 2 rings (SSSR count). The van der Waals surface area contributed by atoms with E-state index in [1.807, 2.05) is 13.0 Å². The minimum atomic E-state index is -0.382. The molecule has 114 valence electrons. The molecule has 1 aromatic heterocycles. The van der Waals surface area contributed by atoms with Gasteiger partial charge in [0.25, 0.3) is 0 Å². The first kappa shape index (κ1) is 16.0. The summed E-state index contributed by atoms with van der Waals surface area (Å²) in [5, 5.41) is 5.90. The smallest absolute Gasteiger partial charge is 0.233 e. The van der Waals surface area contributed by atoms with E-state index >= 15 is 0 Å². The van der Waals surface area contributed by atoms with Gasteiger partial charge in [0, 0.05) is 29.6 Å². The van der Waals surface area contributed by atoms with Crippen molar-refractivity contribution in [2.75, 3.05) is 5.32 Å². The number of anilines is 1. The van der Waals surface area contributed by atoms with E-state index in [0.717, 1.165) is 11.1 Å². The molecule has 22 heavy (non-hydrogen) atoms. The number of nitrogens with zero attached hydrogens (tertiary/aromatic N) is 1. The molecule has 5 nitrogen and oxygen atoms in total. The average Bonchev–Trinajstić information content (AvgIpc) is 2.50. The topological polar surface area (TPSA) is 71.1 Å². The highest BCUT2D eigenvalue weighted by molar-refractivity contribution is 6.31. The Bertz CT molecular complexity index is 674. The highest BCUT2D eigenvalue weighted by Gasteiger charge is 2.10. The van der Waals surface area contributed by atoms with Crippen LogP contribution in [-0.4, -0.2) is 16.8 Å². The molecular formula is C16H16ClN3O2. The van der Waals surface area contributed by atoms with Gasteiger partial charge in [-0.3, -0.25) is 14.6 Å². The molecule has 0 bridgehead atoms. The maximum atomic E-state index is 11.8. The SMILES string of the molecule is Cc1ccc(NC(=O)CC(=O)NCc2ccncc2)cc1Cl. The summed E-state index contributed by atoms with van der Waals surface area (Å²) in [4.78, 5) is 27.4. The molecule has 2 amide bonds. The number of aromatic nitrogens is 1. The molecule has 0 aliphatic rings. The van der Waals surface area contributed by atoms with Gasteiger partial charge in [0.1, 0.15) is 6.42 Å². The molecule has 0 unspecified atom stereocenters. The number of rotatable bonds is 5. The average molecular weight is 318 g/mol. The van der Waals surface area contributed by atoms with Crippen LogP contribution in [0.2, 0.25) is 5.02 Å². The molecule has 2 N–H and O–H groups in total. The summed E-state index contributed by atoms with van der Waals surface area (Å²) in [5.41, 5.74) is 2.42. The summed E-state index contributed by atoms with van der Waals surface area (Å²) < 4.78 is 0. The van der Waals surface area contributed by atoms with Gasteiger partial charge in [0.15, 0.2) is 0 Å². The van der Waals surface area contributed by atoms with Crippen molar-refractivity contribution < 1.29 is 9.59 Å². The zero-order valence-electron chi connectivity index (χ0n) is 12.1. The number of carbonyl (C=O) groups excluding carboxylic acids is 2. The normalized spacial score (nSPS) is 10.1. The molecule has 0 saturated carbocycles. The number of hydrogen-bond donors (Lipinski definition) is 2. The second-order valence-electron chi connectivity index (χ2n) is 4.82. The number of nitrogens with one attached hydrogen (secondary N) is 2. The molecule has 1 aromatic carbocycles. The fourth-order valence-electron chi connectivity index (χ4n) is 1.79. The third kappa shape index (κ3) is 4.86. The standard InChI is InChI=1S/C16H16ClN3O2/c1-11-2-3-13(8-14(11)17)20-16(22)9-15(21)19-10-12-4-6-18-7-5-12/h2-8H,9-10H2,1H3,(H,19,21)(H,20,22). The van der Waals surface area contributed by atoms with E-state index in [9.17, 15) is 9.59 Å². The van der Waals surface area contributed by atoms with Gasteiger partial charge in [-0.15, -0.1) is 0 Å². The Hall–Kier alpha value is -2.40. The lowest BCUT2D eigenvalue weighted by molar-refractivity contribution is -0.126. The van der Waals surface area contributed by atoms with Crippen LogP contribution in [-0.2, 0) is 16.1 Å². The van der Waals surface area contributed by atoms with Crippen molar-refractivity contribution in [1.29, 1.82) is 0 Å². The van der Waals surface area contributed by atoms with E-state index in [-0.39, 0.29) is 18.2 Å². The van der Waals surface area contributed by atoms with Crippen LogP contribution in [0, 0.1) is 6.92 Å². The van der Waals surface area contributed by atoms with E-state index in [4.69, 9.17) is 11.6 Å². The van der Waals surface area contributed by atoms with Gasteiger partial charge in [-0.25, -0.2) is 0 Å². The third-order valence-corrected chi connectivity index (χ3v) is 3.42. The van der Waals surface area contributed by atoms with Gasteiger partial charge in [0.05, 0.1) is 0 Å². The van der Waals surface area contributed by atoms with Crippen molar-refractivity contribution in [1.82, 2.24) is 10.3 Å². The van der Waals surface area contributed by atoms with E-state index < -0.39 is 0 Å². The Kier molecular flexibility index (Phi) is 5.49. The van der Waals surface area contributed by atoms with Crippen molar-refractivity contribution in [3.05, 3.63) is 58.9 Å². The first-order valence-electron chi connectivity index (χ1n) is 6.76. The molecule has 0 aliphatic heterocycles. The Morgan fingerprint density at radius 3 is 2.55 bits per heavy atom. The highest BCUT2D eigenvalue weighted by atomic mass is 35.5. The van der Waals surface area contributed by atoms with Crippen molar-refractivity contribution >= 4 is 29.1 Å². The predicted octanol–water partition coefficient (Wildman–Crippen LogP) is 2.69. The zero-order valence-corrected chi connectivity index (χ0v) is 12.9. The Morgan fingerprint density at radius 2 is 1.86 bits per heavy atom. The van der Waals surface area contributed by atoms with Crippen LogP contribution in [0.1, 0.15) is 17.5 Å². The number of benzene rings is 1. The maximum Gasteiger partial charge on any atom is 0.233 e. The molecule has 2 aromatic rings. The van der Waals surface area contributed by atoms with Crippen LogP contribution in [0.25, 0.3) is 0 Å². The number of halogens is 1. The lowest BCUT2D eigenvalue weighted by atomic mass is 10.2.